The van der Waals surface area contributed by atoms with E-state index in [4.69, 9.17) is 4.74 Å². The van der Waals surface area contributed by atoms with Gasteiger partial charge in [-0.25, -0.2) is 4.98 Å². The lowest BCUT2D eigenvalue weighted by atomic mass is 10.1. The average Bonchev–Trinajstić information content (AvgIpc) is 3.31. The number of hydrogen-bond acceptors (Lipinski definition) is 6. The Morgan fingerprint density at radius 2 is 2.14 bits per heavy atom. The molecule has 0 saturated carbocycles. The van der Waals surface area contributed by atoms with E-state index in [2.05, 4.69) is 15.0 Å². The Bertz CT molecular complexity index is 886. The molecule has 10 heteroatoms. The standard InChI is InChI=1S/C18H18F3N3O3S/c1-26-9-10-6-11(7-22-10)24-8-14-15(17(24)25)23-16(28-14)12-4-2-3-5-13(12)27-18(19,20)21/h2-5,10-11,22H,6-9H2,1H3/t10-,11+/m0/s1. The van der Waals surface area contributed by atoms with Gasteiger partial charge in [-0.3, -0.25) is 4.79 Å². The van der Waals surface area contributed by atoms with E-state index in [9.17, 15) is 18.0 Å². The van der Waals surface area contributed by atoms with Crippen LogP contribution >= 0.6 is 11.3 Å². The molecule has 2 aliphatic heterocycles. The van der Waals surface area contributed by atoms with Crippen LogP contribution in [-0.2, 0) is 11.3 Å². The van der Waals surface area contributed by atoms with Gasteiger partial charge in [0, 0.05) is 25.7 Å². The Labute approximate surface area is 163 Å². The van der Waals surface area contributed by atoms with E-state index in [0.717, 1.165) is 11.3 Å². The van der Waals surface area contributed by atoms with Gasteiger partial charge < -0.3 is 19.7 Å². The van der Waals surface area contributed by atoms with Gasteiger partial charge in [-0.2, -0.15) is 0 Å². The Morgan fingerprint density at radius 1 is 1.36 bits per heavy atom. The van der Waals surface area contributed by atoms with Crippen molar-refractivity contribution in [2.45, 2.75) is 31.4 Å². The second-order valence-electron chi connectivity index (χ2n) is 6.72. The zero-order valence-electron chi connectivity index (χ0n) is 15.0. The van der Waals surface area contributed by atoms with Gasteiger partial charge in [-0.15, -0.1) is 24.5 Å². The van der Waals surface area contributed by atoms with E-state index in [1.807, 2.05) is 0 Å². The number of benzene rings is 1. The van der Waals surface area contributed by atoms with E-state index >= 15 is 0 Å². The molecule has 0 unspecified atom stereocenters. The number of aromatic nitrogens is 1. The summed E-state index contributed by atoms with van der Waals surface area (Å²) in [4.78, 5) is 19.7. The number of carbonyl (C=O) groups is 1. The largest absolute Gasteiger partial charge is 0.573 e. The third-order valence-electron chi connectivity index (χ3n) is 4.83. The first kappa shape index (κ1) is 19.2. The zero-order valence-corrected chi connectivity index (χ0v) is 15.8. The first-order valence-electron chi connectivity index (χ1n) is 8.74. The molecule has 150 valence electrons. The maximum atomic E-state index is 12.8. The number of fused-ring (bicyclic) bond motifs is 1. The number of nitrogens with one attached hydrogen (secondary N) is 1. The summed E-state index contributed by atoms with van der Waals surface area (Å²) in [6, 6.07) is 6.08. The van der Waals surface area contributed by atoms with Crippen molar-refractivity contribution >= 4 is 17.2 Å². The fraction of sp³-hybridized carbons (Fsp3) is 0.444. The van der Waals surface area contributed by atoms with Gasteiger partial charge in [0.15, 0.2) is 0 Å². The third kappa shape index (κ3) is 3.71. The van der Waals surface area contributed by atoms with E-state index in [-0.39, 0.29) is 29.3 Å². The molecule has 3 heterocycles. The predicted octanol–water partition coefficient (Wildman–Crippen LogP) is 3.04. The third-order valence-corrected chi connectivity index (χ3v) is 5.90. The van der Waals surface area contributed by atoms with Crippen LogP contribution in [0.3, 0.4) is 0 Å². The van der Waals surface area contributed by atoms with Gasteiger partial charge >= 0.3 is 6.36 Å². The fourth-order valence-electron chi connectivity index (χ4n) is 3.62. The summed E-state index contributed by atoms with van der Waals surface area (Å²) in [6.07, 6.45) is -4.00. The molecular formula is C18H18F3N3O3S. The minimum atomic E-state index is -4.79. The highest BCUT2D eigenvalue weighted by atomic mass is 32.1. The lowest BCUT2D eigenvalue weighted by Gasteiger charge is -2.23. The molecule has 1 saturated heterocycles. The molecule has 1 aromatic heterocycles. The van der Waals surface area contributed by atoms with Crippen LogP contribution < -0.4 is 10.1 Å². The fourth-order valence-corrected chi connectivity index (χ4v) is 4.70. The number of carbonyl (C=O) groups excluding carboxylic acids is 1. The molecule has 1 fully saturated rings. The molecule has 6 nitrogen and oxygen atoms in total. The number of alkyl halides is 3. The van der Waals surface area contributed by atoms with Crippen LogP contribution in [0.4, 0.5) is 13.2 Å². The summed E-state index contributed by atoms with van der Waals surface area (Å²) in [5.41, 5.74) is 0.540. The first-order valence-corrected chi connectivity index (χ1v) is 9.55. The molecule has 1 aromatic carbocycles. The molecule has 2 aromatic rings. The van der Waals surface area contributed by atoms with Gasteiger partial charge in [0.2, 0.25) is 0 Å². The number of rotatable bonds is 5. The van der Waals surface area contributed by atoms with Crippen LogP contribution in [-0.4, -0.2) is 54.5 Å². The van der Waals surface area contributed by atoms with Crippen molar-refractivity contribution in [3.63, 3.8) is 0 Å². The van der Waals surface area contributed by atoms with Crippen molar-refractivity contribution in [2.24, 2.45) is 0 Å². The molecule has 2 atom stereocenters. The van der Waals surface area contributed by atoms with Crippen molar-refractivity contribution in [3.8, 4) is 16.3 Å². The molecule has 1 N–H and O–H groups in total. The summed E-state index contributed by atoms with van der Waals surface area (Å²) in [5, 5.41) is 3.68. The molecule has 0 aliphatic carbocycles. The number of ether oxygens (including phenoxy) is 2. The Hall–Kier alpha value is -2.17. The Kier molecular flexibility index (Phi) is 5.02. The number of methoxy groups -OCH3 is 1. The smallest absolute Gasteiger partial charge is 0.405 e. The topological polar surface area (TPSA) is 63.7 Å². The van der Waals surface area contributed by atoms with Crippen molar-refractivity contribution in [3.05, 3.63) is 34.8 Å². The summed E-state index contributed by atoms with van der Waals surface area (Å²) < 4.78 is 47.2. The van der Waals surface area contributed by atoms with Gasteiger partial charge in [0.05, 0.1) is 23.6 Å². The molecule has 2 aliphatic rings. The summed E-state index contributed by atoms with van der Waals surface area (Å²) in [5.74, 6) is -0.509. The molecular weight excluding hydrogens is 395 g/mol. The van der Waals surface area contributed by atoms with E-state index in [1.165, 1.54) is 29.5 Å². The minimum Gasteiger partial charge on any atom is -0.405 e. The van der Waals surface area contributed by atoms with Crippen LogP contribution in [0.2, 0.25) is 0 Å². The zero-order chi connectivity index (χ0) is 19.9. The molecule has 4 rings (SSSR count). The highest BCUT2D eigenvalue weighted by molar-refractivity contribution is 7.15. The van der Waals surface area contributed by atoms with Gasteiger partial charge in [0.25, 0.3) is 5.91 Å². The van der Waals surface area contributed by atoms with Crippen LogP contribution in [0.25, 0.3) is 10.6 Å². The molecule has 0 bridgehead atoms. The van der Waals surface area contributed by atoms with Gasteiger partial charge in [-0.1, -0.05) is 12.1 Å². The lowest BCUT2D eigenvalue weighted by molar-refractivity contribution is -0.274. The highest BCUT2D eigenvalue weighted by Crippen LogP contribution is 2.40. The lowest BCUT2D eigenvalue weighted by Crippen LogP contribution is -2.37. The maximum Gasteiger partial charge on any atom is 0.573 e. The Morgan fingerprint density at radius 3 is 2.86 bits per heavy atom. The minimum absolute atomic E-state index is 0.0540. The average molecular weight is 413 g/mol. The van der Waals surface area contributed by atoms with Crippen molar-refractivity contribution in [2.75, 3.05) is 20.3 Å². The van der Waals surface area contributed by atoms with E-state index in [0.29, 0.717) is 30.4 Å². The number of para-hydroxylation sites is 1. The molecule has 0 radical (unpaired) electrons. The summed E-state index contributed by atoms with van der Waals surface area (Å²) in [7, 11) is 1.64. The molecule has 0 spiro atoms. The number of halogens is 3. The van der Waals surface area contributed by atoms with Crippen molar-refractivity contribution in [1.82, 2.24) is 15.2 Å². The predicted molar refractivity (Wildman–Crippen MR) is 96.2 cm³/mol. The molecule has 28 heavy (non-hydrogen) atoms. The van der Waals surface area contributed by atoms with Crippen LogP contribution in [0.1, 0.15) is 21.8 Å². The monoisotopic (exact) mass is 413 g/mol. The van der Waals surface area contributed by atoms with E-state index < -0.39 is 6.36 Å². The normalized spacial score (nSPS) is 22.0. The summed E-state index contributed by atoms with van der Waals surface area (Å²) in [6.45, 7) is 1.68. The van der Waals surface area contributed by atoms with Crippen molar-refractivity contribution < 1.29 is 27.4 Å². The Balaban J connectivity index is 1.54. The first-order chi connectivity index (χ1) is 13.4. The van der Waals surface area contributed by atoms with Crippen LogP contribution in [0, 0.1) is 0 Å². The van der Waals surface area contributed by atoms with Gasteiger partial charge in [0.1, 0.15) is 16.5 Å². The molecule has 1 amide bonds. The number of hydrogen-bond donors (Lipinski definition) is 1. The van der Waals surface area contributed by atoms with Crippen molar-refractivity contribution in [1.29, 1.82) is 0 Å². The van der Waals surface area contributed by atoms with Gasteiger partial charge in [-0.05, 0) is 18.6 Å². The van der Waals surface area contributed by atoms with Crippen LogP contribution in [0.5, 0.6) is 5.75 Å². The van der Waals surface area contributed by atoms with E-state index in [1.54, 1.807) is 18.1 Å². The summed E-state index contributed by atoms with van der Waals surface area (Å²) >= 11 is 1.23. The number of amides is 1. The number of nitrogens with zero attached hydrogens (tertiary/aromatic N) is 2. The highest BCUT2D eigenvalue weighted by Gasteiger charge is 2.40. The van der Waals surface area contributed by atoms with Crippen LogP contribution in [0.15, 0.2) is 24.3 Å². The maximum absolute atomic E-state index is 12.8. The SMILES string of the molecule is COC[C@@H]1C[C@@H](N2Cc3sc(-c4ccccc4OC(F)(F)F)nc3C2=O)CN1. The second-order valence-corrected chi connectivity index (χ2v) is 7.80. The quantitative estimate of drug-likeness (QED) is 0.817. The number of thiazole rings is 1. The second kappa shape index (κ2) is 7.34.